The van der Waals surface area contributed by atoms with Crippen LogP contribution in [0.15, 0.2) is 0 Å². The standard InChI is InChI=1S/C23H42BrN5O5/c1-15(2)19(29-17(30)11-7-6-8-12-26-18(31)14-24)21(33)28-16(20(32)23(3,4)5)10-9-13-27-22(25)34/h15-16,19H,6-14H2,1-5H3,(H,26,31)(H,28,33)(H,29,30)(H3,25,27,34)/t16-,19?/m0/s1. The maximum atomic E-state index is 13.0. The Balaban J connectivity index is 4.85. The lowest BCUT2D eigenvalue weighted by molar-refractivity contribution is -0.135. The Labute approximate surface area is 211 Å². The topological polar surface area (TPSA) is 159 Å². The van der Waals surface area contributed by atoms with E-state index in [1.807, 2.05) is 13.8 Å². The van der Waals surface area contributed by atoms with Crippen LogP contribution in [0.3, 0.4) is 0 Å². The zero-order valence-electron chi connectivity index (χ0n) is 21.1. The van der Waals surface area contributed by atoms with Gasteiger partial charge in [-0.1, -0.05) is 57.0 Å². The highest BCUT2D eigenvalue weighted by atomic mass is 79.9. The van der Waals surface area contributed by atoms with Gasteiger partial charge in [-0.15, -0.1) is 0 Å². The third-order valence-corrected chi connectivity index (χ3v) is 5.64. The number of ketones is 1. The van der Waals surface area contributed by atoms with E-state index in [1.54, 1.807) is 20.8 Å². The molecule has 6 N–H and O–H groups in total. The van der Waals surface area contributed by atoms with E-state index in [1.165, 1.54) is 0 Å². The van der Waals surface area contributed by atoms with Crippen molar-refractivity contribution in [1.29, 1.82) is 0 Å². The first-order valence-corrected chi connectivity index (χ1v) is 12.9. The summed E-state index contributed by atoms with van der Waals surface area (Å²) < 4.78 is 0. The molecule has 11 heteroatoms. The lowest BCUT2D eigenvalue weighted by Crippen LogP contribution is -2.55. The van der Waals surface area contributed by atoms with E-state index in [4.69, 9.17) is 5.73 Å². The SMILES string of the molecule is CC(C)C(NC(=O)CCCCCNC(=O)CBr)C(=O)N[C@@H](CCCNC(N)=O)C(=O)C(C)(C)C. The Morgan fingerprint density at radius 2 is 1.47 bits per heavy atom. The molecule has 0 aliphatic carbocycles. The summed E-state index contributed by atoms with van der Waals surface area (Å²) in [5.74, 6) is -1.02. The van der Waals surface area contributed by atoms with Gasteiger partial charge in [0.1, 0.15) is 6.04 Å². The zero-order valence-corrected chi connectivity index (χ0v) is 22.7. The van der Waals surface area contributed by atoms with Crippen LogP contribution in [-0.2, 0) is 19.2 Å². The van der Waals surface area contributed by atoms with E-state index in [-0.39, 0.29) is 35.3 Å². The minimum Gasteiger partial charge on any atom is -0.355 e. The number of carbonyl (C=O) groups is 5. The first-order chi connectivity index (χ1) is 15.8. The van der Waals surface area contributed by atoms with E-state index in [9.17, 15) is 24.0 Å². The van der Waals surface area contributed by atoms with Crippen molar-refractivity contribution in [3.63, 3.8) is 0 Å². The maximum Gasteiger partial charge on any atom is 0.312 e. The molecule has 196 valence electrons. The van der Waals surface area contributed by atoms with Gasteiger partial charge >= 0.3 is 6.03 Å². The minimum atomic E-state index is -0.773. The number of hydrogen-bond acceptors (Lipinski definition) is 5. The molecule has 0 aromatic rings. The average molecular weight is 549 g/mol. The molecule has 0 aromatic heterocycles. The number of carbonyl (C=O) groups excluding carboxylic acids is 5. The van der Waals surface area contributed by atoms with Crippen LogP contribution in [-0.4, -0.2) is 60.0 Å². The molecule has 0 spiro atoms. The third kappa shape index (κ3) is 14.2. The van der Waals surface area contributed by atoms with E-state index < -0.39 is 29.4 Å². The second-order valence-electron chi connectivity index (χ2n) is 9.69. The van der Waals surface area contributed by atoms with Crippen LogP contribution in [0.5, 0.6) is 0 Å². The number of rotatable bonds is 16. The van der Waals surface area contributed by atoms with E-state index >= 15 is 0 Å². The lowest BCUT2D eigenvalue weighted by atomic mass is 9.84. The molecule has 0 saturated heterocycles. The summed E-state index contributed by atoms with van der Waals surface area (Å²) in [6.07, 6.45) is 3.25. The Bertz CT molecular complexity index is 694. The first-order valence-electron chi connectivity index (χ1n) is 11.8. The second-order valence-corrected chi connectivity index (χ2v) is 10.3. The molecular weight excluding hydrogens is 506 g/mol. The number of halogens is 1. The Morgan fingerprint density at radius 3 is 2.00 bits per heavy atom. The molecule has 34 heavy (non-hydrogen) atoms. The molecule has 0 rings (SSSR count). The summed E-state index contributed by atoms with van der Waals surface area (Å²) in [7, 11) is 0. The fourth-order valence-corrected chi connectivity index (χ4v) is 3.41. The smallest absolute Gasteiger partial charge is 0.312 e. The molecule has 10 nitrogen and oxygen atoms in total. The fraction of sp³-hybridized carbons (Fsp3) is 0.783. The van der Waals surface area contributed by atoms with E-state index in [0.717, 1.165) is 12.8 Å². The normalized spacial score (nSPS) is 13.0. The molecule has 0 aromatic carbocycles. The number of hydrogen-bond donors (Lipinski definition) is 5. The summed E-state index contributed by atoms with van der Waals surface area (Å²) in [4.78, 5) is 60.3. The van der Waals surface area contributed by atoms with Crippen molar-refractivity contribution in [2.24, 2.45) is 17.1 Å². The van der Waals surface area contributed by atoms with Crippen LogP contribution in [0.2, 0.25) is 0 Å². The number of alkyl halides is 1. The monoisotopic (exact) mass is 547 g/mol. The second kappa shape index (κ2) is 16.5. The van der Waals surface area contributed by atoms with Gasteiger partial charge in [-0.2, -0.15) is 0 Å². The van der Waals surface area contributed by atoms with Crippen molar-refractivity contribution in [3.05, 3.63) is 0 Å². The Hall–Kier alpha value is -2.17. The summed E-state index contributed by atoms with van der Waals surface area (Å²) in [5, 5.41) is 11.1. The van der Waals surface area contributed by atoms with Gasteiger partial charge in [-0.25, -0.2) is 4.79 Å². The fourth-order valence-electron chi connectivity index (χ4n) is 3.21. The van der Waals surface area contributed by atoms with Crippen molar-refractivity contribution in [2.45, 2.75) is 85.2 Å². The molecule has 1 unspecified atom stereocenters. The Morgan fingerprint density at radius 1 is 0.853 bits per heavy atom. The van der Waals surface area contributed by atoms with Crippen LogP contribution in [0.25, 0.3) is 0 Å². The minimum absolute atomic E-state index is 0.0732. The molecule has 0 aliphatic rings. The highest BCUT2D eigenvalue weighted by Gasteiger charge is 2.33. The first kappa shape index (κ1) is 31.8. The summed E-state index contributed by atoms with van der Waals surface area (Å²) in [6, 6.07) is -2.16. The van der Waals surface area contributed by atoms with Crippen molar-refractivity contribution in [3.8, 4) is 0 Å². The average Bonchev–Trinajstić information content (AvgIpc) is 2.74. The number of nitrogens with two attached hydrogens (primary N) is 1. The highest BCUT2D eigenvalue weighted by Crippen LogP contribution is 2.19. The number of unbranched alkanes of at least 4 members (excludes halogenated alkanes) is 2. The van der Waals surface area contributed by atoms with Gasteiger partial charge in [0.15, 0.2) is 5.78 Å². The highest BCUT2D eigenvalue weighted by molar-refractivity contribution is 9.09. The molecular formula is C23H42BrN5O5. The van der Waals surface area contributed by atoms with Crippen LogP contribution in [0.1, 0.15) is 73.1 Å². The van der Waals surface area contributed by atoms with Crippen LogP contribution >= 0.6 is 15.9 Å². The molecule has 0 radical (unpaired) electrons. The largest absolute Gasteiger partial charge is 0.355 e. The van der Waals surface area contributed by atoms with Gasteiger partial charge in [0.2, 0.25) is 17.7 Å². The number of nitrogens with one attached hydrogen (secondary N) is 4. The van der Waals surface area contributed by atoms with Gasteiger partial charge < -0.3 is 27.0 Å². The number of primary amides is 1. The van der Waals surface area contributed by atoms with Gasteiger partial charge in [-0.05, 0) is 31.6 Å². The lowest BCUT2D eigenvalue weighted by Gasteiger charge is -2.28. The van der Waals surface area contributed by atoms with Crippen molar-refractivity contribution < 1.29 is 24.0 Å². The molecule has 2 atom stereocenters. The van der Waals surface area contributed by atoms with E-state index in [2.05, 4.69) is 37.2 Å². The molecule has 0 bridgehead atoms. The Kier molecular flexibility index (Phi) is 15.4. The van der Waals surface area contributed by atoms with E-state index in [0.29, 0.717) is 32.4 Å². The van der Waals surface area contributed by atoms with Gasteiger partial charge in [0.25, 0.3) is 0 Å². The molecule has 0 heterocycles. The summed E-state index contributed by atoms with van der Waals surface area (Å²) >= 11 is 3.08. The number of Topliss-reactive ketones (excluding diaryl/α,β-unsaturated/α-hetero) is 1. The van der Waals surface area contributed by atoms with Crippen molar-refractivity contribution in [1.82, 2.24) is 21.3 Å². The molecule has 0 aliphatic heterocycles. The summed E-state index contributed by atoms with van der Waals surface area (Å²) in [6.45, 7) is 9.85. The summed E-state index contributed by atoms with van der Waals surface area (Å²) in [5.41, 5.74) is 4.40. The number of urea groups is 1. The predicted octanol–water partition coefficient (Wildman–Crippen LogP) is 1.75. The molecule has 5 amide bonds. The number of amides is 5. The molecule has 0 saturated carbocycles. The quantitative estimate of drug-likeness (QED) is 0.147. The van der Waals surface area contributed by atoms with Crippen LogP contribution in [0.4, 0.5) is 4.79 Å². The predicted molar refractivity (Wildman–Crippen MR) is 135 cm³/mol. The van der Waals surface area contributed by atoms with Crippen LogP contribution in [0, 0.1) is 11.3 Å². The molecule has 0 fully saturated rings. The third-order valence-electron chi connectivity index (χ3n) is 5.13. The van der Waals surface area contributed by atoms with Crippen molar-refractivity contribution in [2.75, 3.05) is 18.4 Å². The van der Waals surface area contributed by atoms with Crippen molar-refractivity contribution >= 4 is 45.5 Å². The van der Waals surface area contributed by atoms with Gasteiger partial charge in [0, 0.05) is 24.9 Å². The van der Waals surface area contributed by atoms with Gasteiger partial charge in [0.05, 0.1) is 11.4 Å². The van der Waals surface area contributed by atoms with Crippen LogP contribution < -0.4 is 27.0 Å². The maximum absolute atomic E-state index is 13.0. The zero-order chi connectivity index (χ0) is 26.3. The van der Waals surface area contributed by atoms with Gasteiger partial charge in [-0.3, -0.25) is 19.2 Å².